The van der Waals surface area contributed by atoms with Gasteiger partial charge in [-0.05, 0) is 24.6 Å². The van der Waals surface area contributed by atoms with E-state index in [2.05, 4.69) is 0 Å². The van der Waals surface area contributed by atoms with Crippen molar-refractivity contribution in [1.29, 1.82) is 0 Å². The molecule has 0 amide bonds. The van der Waals surface area contributed by atoms with Crippen molar-refractivity contribution in [2.45, 2.75) is 19.1 Å². The third-order valence-electron chi connectivity index (χ3n) is 2.43. The summed E-state index contributed by atoms with van der Waals surface area (Å²) in [5, 5.41) is 0.686. The number of hydrogen-bond acceptors (Lipinski definition) is 4. The Kier molecular flexibility index (Phi) is 6.67. The monoisotopic (exact) mass is 343 g/mol. The van der Waals surface area contributed by atoms with Crippen molar-refractivity contribution in [2.75, 3.05) is 13.9 Å². The van der Waals surface area contributed by atoms with Crippen LogP contribution in [0.2, 0.25) is 10.0 Å². The molecular weight excluding hydrogens is 329 g/mol. The molecule has 0 fully saturated rings. The zero-order chi connectivity index (χ0) is 15.3. The first-order valence-corrected chi connectivity index (χ1v) is 7.74. The fraction of sp³-hybridized carbons (Fsp3) is 0.455. The van der Waals surface area contributed by atoms with Crippen molar-refractivity contribution in [3.05, 3.63) is 33.8 Å². The molecule has 0 aliphatic heterocycles. The number of methoxy groups -OCH3 is 1. The van der Waals surface area contributed by atoms with Crippen molar-refractivity contribution in [1.82, 2.24) is 4.72 Å². The molecule has 0 aromatic heterocycles. The Morgan fingerprint density at radius 3 is 2.50 bits per heavy atom. The minimum absolute atomic E-state index is 0.0532. The van der Waals surface area contributed by atoms with Gasteiger partial charge in [0.05, 0.1) is 16.1 Å². The van der Waals surface area contributed by atoms with Crippen LogP contribution >= 0.6 is 23.2 Å². The molecule has 0 saturated carbocycles. The number of ether oxygens (including phenoxy) is 2. The van der Waals surface area contributed by atoms with Crippen molar-refractivity contribution in [3.63, 3.8) is 0 Å². The Morgan fingerprint density at radius 1 is 1.35 bits per heavy atom. The molecule has 0 aliphatic rings. The highest BCUT2D eigenvalue weighted by Crippen LogP contribution is 2.29. The van der Waals surface area contributed by atoms with Crippen molar-refractivity contribution >= 4 is 33.5 Å². The average molecular weight is 344 g/mol. The summed E-state index contributed by atoms with van der Waals surface area (Å²) in [5.41, 5.74) is 0.597. The molecule has 0 radical (unpaired) electrons. The molecular formula is C11H15Cl2NO5S. The first kappa shape index (κ1) is 17.6. The average Bonchev–Trinajstić information content (AvgIpc) is 2.31. The highest BCUT2D eigenvalue weighted by atomic mass is 35.5. The molecule has 9 heteroatoms. The van der Waals surface area contributed by atoms with Gasteiger partial charge in [-0.15, -0.1) is 0 Å². The predicted molar refractivity (Wildman–Crippen MR) is 76.3 cm³/mol. The largest absolute Gasteiger partial charge is 0.359 e. The third kappa shape index (κ3) is 5.53. The molecule has 0 heterocycles. The maximum absolute atomic E-state index is 10.9. The smallest absolute Gasteiger partial charge is 0.333 e. The summed E-state index contributed by atoms with van der Waals surface area (Å²) in [5.74, 6) is 0. The van der Waals surface area contributed by atoms with E-state index >= 15 is 0 Å². The van der Waals surface area contributed by atoms with E-state index in [4.69, 9.17) is 37.2 Å². The Bertz CT molecular complexity index is 552. The SMILES string of the molecule is COCO[C@H](c1ccc(Cl)c(Cl)c1)[C@@H](C)NS(=O)(=O)O. The van der Waals surface area contributed by atoms with Gasteiger partial charge in [-0.3, -0.25) is 4.55 Å². The second-order valence-electron chi connectivity index (χ2n) is 4.05. The topological polar surface area (TPSA) is 84.9 Å². The fourth-order valence-electron chi connectivity index (χ4n) is 1.66. The van der Waals surface area contributed by atoms with Gasteiger partial charge in [0.1, 0.15) is 12.9 Å². The van der Waals surface area contributed by atoms with Crippen LogP contribution in [0.5, 0.6) is 0 Å². The van der Waals surface area contributed by atoms with Crippen LogP contribution in [0.25, 0.3) is 0 Å². The molecule has 1 aromatic carbocycles. The normalized spacial score (nSPS) is 15.1. The van der Waals surface area contributed by atoms with Gasteiger partial charge in [-0.2, -0.15) is 13.1 Å². The molecule has 114 valence electrons. The van der Waals surface area contributed by atoms with Gasteiger partial charge in [-0.1, -0.05) is 29.3 Å². The Labute approximate surface area is 127 Å². The number of benzene rings is 1. The molecule has 0 aliphatic carbocycles. The predicted octanol–water partition coefficient (Wildman–Crippen LogP) is 2.44. The number of rotatable bonds is 7. The van der Waals surface area contributed by atoms with Crippen LogP contribution in [0.15, 0.2) is 18.2 Å². The summed E-state index contributed by atoms with van der Waals surface area (Å²) in [6.07, 6.45) is -0.702. The summed E-state index contributed by atoms with van der Waals surface area (Å²) in [4.78, 5) is 0. The van der Waals surface area contributed by atoms with Gasteiger partial charge in [-0.25, -0.2) is 0 Å². The van der Waals surface area contributed by atoms with Gasteiger partial charge in [0.2, 0.25) is 0 Å². The highest BCUT2D eigenvalue weighted by molar-refractivity contribution is 7.83. The first-order chi connectivity index (χ1) is 9.24. The van der Waals surface area contributed by atoms with E-state index in [1.54, 1.807) is 18.2 Å². The molecule has 20 heavy (non-hydrogen) atoms. The van der Waals surface area contributed by atoms with Gasteiger partial charge in [0.25, 0.3) is 0 Å². The summed E-state index contributed by atoms with van der Waals surface area (Å²) in [7, 11) is -2.91. The maximum atomic E-state index is 10.9. The van der Waals surface area contributed by atoms with E-state index in [-0.39, 0.29) is 6.79 Å². The fourth-order valence-corrected chi connectivity index (χ4v) is 2.56. The molecule has 0 unspecified atom stereocenters. The maximum Gasteiger partial charge on any atom is 0.333 e. The second kappa shape index (κ2) is 7.56. The number of halogens is 2. The highest BCUT2D eigenvalue weighted by Gasteiger charge is 2.24. The Morgan fingerprint density at radius 2 is 2.00 bits per heavy atom. The van der Waals surface area contributed by atoms with Crippen LogP contribution in [-0.2, 0) is 19.8 Å². The van der Waals surface area contributed by atoms with Gasteiger partial charge < -0.3 is 9.47 Å². The molecule has 1 rings (SSSR count). The molecule has 0 spiro atoms. The molecule has 2 atom stereocenters. The molecule has 0 saturated heterocycles. The zero-order valence-corrected chi connectivity index (χ0v) is 13.2. The standard InChI is InChI=1S/C11H15Cl2NO5S/c1-7(14-20(15,16)17)11(19-6-18-2)8-3-4-9(12)10(13)5-8/h3-5,7,11,14H,6H2,1-2H3,(H,15,16,17)/t7-,11+/m1/s1. The minimum Gasteiger partial charge on any atom is -0.359 e. The summed E-state index contributed by atoms with van der Waals surface area (Å²) >= 11 is 11.7. The lowest BCUT2D eigenvalue weighted by Crippen LogP contribution is -2.37. The second-order valence-corrected chi connectivity index (χ2v) is 6.05. The van der Waals surface area contributed by atoms with Crippen LogP contribution in [0, 0.1) is 0 Å². The number of nitrogens with one attached hydrogen (secondary N) is 1. The van der Waals surface area contributed by atoms with Crippen LogP contribution in [0.1, 0.15) is 18.6 Å². The van der Waals surface area contributed by atoms with Crippen molar-refractivity contribution in [3.8, 4) is 0 Å². The summed E-state index contributed by atoms with van der Waals surface area (Å²) in [6, 6.07) is 4.04. The Hall–Kier alpha value is -0.410. The molecule has 1 aromatic rings. The quantitative estimate of drug-likeness (QED) is 0.586. The third-order valence-corrected chi connectivity index (χ3v) is 3.84. The van der Waals surface area contributed by atoms with E-state index in [9.17, 15) is 8.42 Å². The zero-order valence-electron chi connectivity index (χ0n) is 10.8. The lowest BCUT2D eigenvalue weighted by molar-refractivity contribution is -0.0814. The summed E-state index contributed by atoms with van der Waals surface area (Å²) in [6.45, 7) is 1.49. The van der Waals surface area contributed by atoms with E-state index in [1.165, 1.54) is 14.0 Å². The Balaban J connectivity index is 3.01. The number of hydrogen-bond donors (Lipinski definition) is 2. The van der Waals surface area contributed by atoms with Gasteiger partial charge in [0, 0.05) is 7.11 Å². The lowest BCUT2D eigenvalue weighted by atomic mass is 10.0. The molecule has 0 bridgehead atoms. The van der Waals surface area contributed by atoms with Crippen LogP contribution < -0.4 is 4.72 Å². The molecule has 2 N–H and O–H groups in total. The molecule has 6 nitrogen and oxygen atoms in total. The van der Waals surface area contributed by atoms with E-state index in [0.29, 0.717) is 15.6 Å². The van der Waals surface area contributed by atoms with Crippen LogP contribution in [-0.4, -0.2) is 32.9 Å². The van der Waals surface area contributed by atoms with Crippen molar-refractivity contribution in [2.24, 2.45) is 0 Å². The minimum atomic E-state index is -4.35. The van der Waals surface area contributed by atoms with Crippen molar-refractivity contribution < 1.29 is 22.4 Å². The van der Waals surface area contributed by atoms with Crippen LogP contribution in [0.4, 0.5) is 0 Å². The summed E-state index contributed by atoms with van der Waals surface area (Å²) < 4.78 is 42.9. The van der Waals surface area contributed by atoms with E-state index < -0.39 is 22.4 Å². The van der Waals surface area contributed by atoms with E-state index in [0.717, 1.165) is 0 Å². The van der Waals surface area contributed by atoms with Crippen LogP contribution in [0.3, 0.4) is 0 Å². The van der Waals surface area contributed by atoms with Gasteiger partial charge >= 0.3 is 10.3 Å². The van der Waals surface area contributed by atoms with E-state index in [1.807, 2.05) is 4.72 Å². The first-order valence-electron chi connectivity index (χ1n) is 5.55. The van der Waals surface area contributed by atoms with Gasteiger partial charge in [0.15, 0.2) is 0 Å². The lowest BCUT2D eigenvalue weighted by Gasteiger charge is -2.24.